The minimum atomic E-state index is -0.000163. The highest BCUT2D eigenvalue weighted by molar-refractivity contribution is 5.93. The molecule has 1 amide bonds. The van der Waals surface area contributed by atoms with E-state index < -0.39 is 0 Å². The van der Waals surface area contributed by atoms with E-state index in [0.29, 0.717) is 31.4 Å². The number of rotatable bonds is 6. The molecular weight excluding hydrogens is 266 g/mol. The third-order valence-electron chi connectivity index (χ3n) is 3.76. The molecule has 0 aliphatic carbocycles. The highest BCUT2D eigenvalue weighted by Gasteiger charge is 2.20. The van der Waals surface area contributed by atoms with Crippen LogP contribution in [-0.2, 0) is 4.79 Å². The van der Waals surface area contributed by atoms with Crippen LogP contribution in [0.2, 0.25) is 0 Å². The van der Waals surface area contributed by atoms with Crippen molar-refractivity contribution in [3.8, 4) is 5.75 Å². The molecule has 1 fully saturated rings. The van der Waals surface area contributed by atoms with Gasteiger partial charge in [0.05, 0.1) is 18.8 Å². The summed E-state index contributed by atoms with van der Waals surface area (Å²) in [5, 5.41) is 2.94. The predicted octanol–water partition coefficient (Wildman–Crippen LogP) is 1.69. The van der Waals surface area contributed by atoms with E-state index in [0.717, 1.165) is 25.2 Å². The number of amides is 1. The second-order valence-corrected chi connectivity index (χ2v) is 5.46. The first kappa shape index (κ1) is 15.8. The van der Waals surface area contributed by atoms with Crippen molar-refractivity contribution in [2.24, 2.45) is 11.7 Å². The number of nitrogens with two attached hydrogens (primary N) is 1. The Morgan fingerprint density at radius 3 is 3.05 bits per heavy atom. The monoisotopic (exact) mass is 291 g/mol. The van der Waals surface area contributed by atoms with Gasteiger partial charge in [-0.25, -0.2) is 0 Å². The van der Waals surface area contributed by atoms with Crippen LogP contribution in [0.1, 0.15) is 19.8 Å². The zero-order valence-corrected chi connectivity index (χ0v) is 12.7. The average molecular weight is 291 g/mol. The largest absolute Gasteiger partial charge is 0.492 e. The molecule has 3 N–H and O–H groups in total. The van der Waals surface area contributed by atoms with Gasteiger partial charge in [0, 0.05) is 6.54 Å². The standard InChI is InChI=1S/C16H25N3O2/c1-2-21-15-8-4-3-7-14(15)18-16(20)12-19-9-5-6-13(10-17)11-19/h3-4,7-8,13H,2,5-6,9-12,17H2,1H3,(H,18,20). The SMILES string of the molecule is CCOc1ccccc1NC(=O)CN1CCCC(CN)C1. The van der Waals surface area contributed by atoms with Crippen molar-refractivity contribution in [3.63, 3.8) is 0 Å². The van der Waals surface area contributed by atoms with Crippen LogP contribution in [0.5, 0.6) is 5.75 Å². The molecule has 1 unspecified atom stereocenters. The smallest absolute Gasteiger partial charge is 0.238 e. The number of para-hydroxylation sites is 2. The molecule has 1 aromatic carbocycles. The number of carbonyl (C=O) groups is 1. The Balaban J connectivity index is 1.89. The van der Waals surface area contributed by atoms with Gasteiger partial charge in [0.1, 0.15) is 5.75 Å². The van der Waals surface area contributed by atoms with E-state index in [2.05, 4.69) is 10.2 Å². The van der Waals surface area contributed by atoms with Crippen molar-refractivity contribution >= 4 is 11.6 Å². The normalized spacial score (nSPS) is 19.2. The lowest BCUT2D eigenvalue weighted by Crippen LogP contribution is -2.42. The zero-order chi connectivity index (χ0) is 15.1. The van der Waals surface area contributed by atoms with Crippen LogP contribution in [0.15, 0.2) is 24.3 Å². The van der Waals surface area contributed by atoms with E-state index in [1.807, 2.05) is 31.2 Å². The number of nitrogens with one attached hydrogen (secondary N) is 1. The maximum absolute atomic E-state index is 12.2. The van der Waals surface area contributed by atoms with Gasteiger partial charge in [-0.3, -0.25) is 9.69 Å². The van der Waals surface area contributed by atoms with Crippen molar-refractivity contribution in [2.75, 3.05) is 38.1 Å². The van der Waals surface area contributed by atoms with Gasteiger partial charge in [0.15, 0.2) is 0 Å². The van der Waals surface area contributed by atoms with Crippen LogP contribution in [-0.4, -0.2) is 43.6 Å². The van der Waals surface area contributed by atoms with Crippen molar-refractivity contribution < 1.29 is 9.53 Å². The van der Waals surface area contributed by atoms with E-state index in [-0.39, 0.29) is 5.91 Å². The summed E-state index contributed by atoms with van der Waals surface area (Å²) in [6.45, 7) is 5.51. The summed E-state index contributed by atoms with van der Waals surface area (Å²) in [5.41, 5.74) is 6.46. The van der Waals surface area contributed by atoms with Crippen LogP contribution in [0, 0.1) is 5.92 Å². The molecule has 0 aromatic heterocycles. The van der Waals surface area contributed by atoms with Gasteiger partial charge in [-0.1, -0.05) is 12.1 Å². The summed E-state index contributed by atoms with van der Waals surface area (Å²) in [6, 6.07) is 7.52. The molecule has 2 rings (SSSR count). The Morgan fingerprint density at radius 1 is 1.48 bits per heavy atom. The second-order valence-electron chi connectivity index (χ2n) is 5.46. The molecule has 5 nitrogen and oxygen atoms in total. The topological polar surface area (TPSA) is 67.6 Å². The number of likely N-dealkylation sites (tertiary alicyclic amines) is 1. The lowest BCUT2D eigenvalue weighted by Gasteiger charge is -2.31. The van der Waals surface area contributed by atoms with E-state index in [4.69, 9.17) is 10.5 Å². The Hall–Kier alpha value is -1.59. The molecule has 1 heterocycles. The van der Waals surface area contributed by atoms with Crippen LogP contribution in [0.4, 0.5) is 5.69 Å². The lowest BCUT2D eigenvalue weighted by atomic mass is 9.98. The number of piperidine rings is 1. The first-order valence-electron chi connectivity index (χ1n) is 7.67. The molecule has 1 aliphatic heterocycles. The van der Waals surface area contributed by atoms with E-state index >= 15 is 0 Å². The van der Waals surface area contributed by atoms with Crippen molar-refractivity contribution in [3.05, 3.63) is 24.3 Å². The highest BCUT2D eigenvalue weighted by atomic mass is 16.5. The van der Waals surface area contributed by atoms with Gasteiger partial charge in [-0.05, 0) is 50.9 Å². The number of hydrogen-bond acceptors (Lipinski definition) is 4. The van der Waals surface area contributed by atoms with Gasteiger partial charge < -0.3 is 15.8 Å². The third-order valence-corrected chi connectivity index (χ3v) is 3.76. The summed E-state index contributed by atoms with van der Waals surface area (Å²) >= 11 is 0. The van der Waals surface area contributed by atoms with Gasteiger partial charge >= 0.3 is 0 Å². The molecule has 21 heavy (non-hydrogen) atoms. The highest BCUT2D eigenvalue weighted by Crippen LogP contribution is 2.23. The molecule has 1 saturated heterocycles. The molecule has 0 bridgehead atoms. The molecule has 0 radical (unpaired) electrons. The zero-order valence-electron chi connectivity index (χ0n) is 12.7. The number of benzene rings is 1. The third kappa shape index (κ3) is 4.72. The van der Waals surface area contributed by atoms with Crippen LogP contribution < -0.4 is 15.8 Å². The number of hydrogen-bond donors (Lipinski definition) is 2. The summed E-state index contributed by atoms with van der Waals surface area (Å²) in [5.74, 6) is 1.23. The fraction of sp³-hybridized carbons (Fsp3) is 0.562. The fourth-order valence-corrected chi connectivity index (χ4v) is 2.73. The minimum Gasteiger partial charge on any atom is -0.492 e. The summed E-state index contributed by atoms with van der Waals surface area (Å²) in [7, 11) is 0. The Morgan fingerprint density at radius 2 is 2.29 bits per heavy atom. The molecule has 0 saturated carbocycles. The quantitative estimate of drug-likeness (QED) is 0.837. The van der Waals surface area contributed by atoms with Crippen LogP contribution in [0.3, 0.4) is 0 Å². The van der Waals surface area contributed by atoms with Gasteiger partial charge in [0.2, 0.25) is 5.91 Å². The number of carbonyl (C=O) groups excluding carboxylic acids is 1. The molecular formula is C16H25N3O2. The van der Waals surface area contributed by atoms with Crippen molar-refractivity contribution in [1.29, 1.82) is 0 Å². The Labute approximate surface area is 126 Å². The first-order chi connectivity index (χ1) is 10.2. The molecule has 1 atom stereocenters. The Bertz CT molecular complexity index is 465. The van der Waals surface area contributed by atoms with Crippen molar-refractivity contribution in [2.45, 2.75) is 19.8 Å². The minimum absolute atomic E-state index is 0.000163. The molecule has 1 aromatic rings. The molecule has 116 valence electrons. The van der Waals surface area contributed by atoms with Crippen LogP contribution in [0.25, 0.3) is 0 Å². The number of anilines is 1. The molecule has 0 spiro atoms. The maximum atomic E-state index is 12.2. The van der Waals surface area contributed by atoms with Gasteiger partial charge in [-0.2, -0.15) is 0 Å². The predicted molar refractivity (Wildman–Crippen MR) is 84.5 cm³/mol. The fourth-order valence-electron chi connectivity index (χ4n) is 2.73. The van der Waals surface area contributed by atoms with Crippen LogP contribution >= 0.6 is 0 Å². The summed E-state index contributed by atoms with van der Waals surface area (Å²) in [6.07, 6.45) is 2.28. The molecule has 1 aliphatic rings. The molecule has 5 heteroatoms. The van der Waals surface area contributed by atoms with E-state index in [1.54, 1.807) is 0 Å². The maximum Gasteiger partial charge on any atom is 0.238 e. The first-order valence-corrected chi connectivity index (χ1v) is 7.67. The van der Waals surface area contributed by atoms with Crippen molar-refractivity contribution in [1.82, 2.24) is 4.90 Å². The lowest BCUT2D eigenvalue weighted by molar-refractivity contribution is -0.117. The van der Waals surface area contributed by atoms with E-state index in [9.17, 15) is 4.79 Å². The van der Waals surface area contributed by atoms with Gasteiger partial charge in [0.25, 0.3) is 0 Å². The summed E-state index contributed by atoms with van der Waals surface area (Å²) in [4.78, 5) is 14.4. The number of ether oxygens (including phenoxy) is 1. The second kappa shape index (κ2) is 8.00. The number of nitrogens with zero attached hydrogens (tertiary/aromatic N) is 1. The Kier molecular flexibility index (Phi) is 6.02. The van der Waals surface area contributed by atoms with Gasteiger partial charge in [-0.15, -0.1) is 0 Å². The average Bonchev–Trinajstić information content (AvgIpc) is 2.49. The van der Waals surface area contributed by atoms with E-state index in [1.165, 1.54) is 6.42 Å². The summed E-state index contributed by atoms with van der Waals surface area (Å²) < 4.78 is 5.52.